The summed E-state index contributed by atoms with van der Waals surface area (Å²) in [5.41, 5.74) is 2.52. The molecule has 4 bridgehead atoms. The van der Waals surface area contributed by atoms with Crippen LogP contribution in [0.3, 0.4) is 0 Å². The van der Waals surface area contributed by atoms with Gasteiger partial charge in [0.15, 0.2) is 29.1 Å². The van der Waals surface area contributed by atoms with Crippen LogP contribution in [0.5, 0.6) is 17.2 Å². The molecule has 2 fully saturated rings. The molecule has 6 aliphatic rings. The number of piperazine rings is 1. The number of hydrogen-bond donors (Lipinski definition) is 1. The van der Waals surface area contributed by atoms with Crippen molar-refractivity contribution in [1.29, 1.82) is 5.26 Å². The van der Waals surface area contributed by atoms with Gasteiger partial charge in [-0.15, -0.1) is 11.8 Å². The number of ketones is 2. The second-order valence-electron chi connectivity index (χ2n) is 12.0. The molecule has 0 radical (unpaired) electrons. The van der Waals surface area contributed by atoms with E-state index in [4.69, 9.17) is 23.7 Å². The Morgan fingerprint density at radius 3 is 2.53 bits per heavy atom. The molecule has 1 aromatic rings. The molecule has 2 unspecified atom stereocenters. The van der Waals surface area contributed by atoms with Gasteiger partial charge in [0.25, 0.3) is 0 Å². The maximum atomic E-state index is 14.1. The number of cyclic esters (lactones) is 1. The summed E-state index contributed by atoms with van der Waals surface area (Å²) in [5, 5.41) is 20.8. The van der Waals surface area contributed by atoms with Gasteiger partial charge in [0.05, 0.1) is 30.5 Å². The molecule has 0 saturated carbocycles. The van der Waals surface area contributed by atoms with Crippen LogP contribution in [0, 0.1) is 18.3 Å². The van der Waals surface area contributed by atoms with E-state index < -0.39 is 59.3 Å². The Bertz CT molecular complexity index is 1690. The van der Waals surface area contributed by atoms with Crippen LogP contribution in [0.2, 0.25) is 0 Å². The number of ether oxygens (including phenoxy) is 5. The highest BCUT2D eigenvalue weighted by atomic mass is 32.2. The number of allylic oxidation sites excluding steroid dienone is 2. The molecule has 5 heterocycles. The van der Waals surface area contributed by atoms with E-state index in [1.807, 2.05) is 16.8 Å². The Kier molecular flexibility index (Phi) is 7.01. The predicted molar refractivity (Wildman–Crippen MR) is 155 cm³/mol. The average Bonchev–Trinajstić information content (AvgIpc) is 3.50. The molecule has 5 aliphatic heterocycles. The van der Waals surface area contributed by atoms with Crippen molar-refractivity contribution in [2.24, 2.45) is 0 Å². The first kappa shape index (κ1) is 29.8. The van der Waals surface area contributed by atoms with Gasteiger partial charge in [-0.05, 0) is 27.3 Å². The number of likely N-dealkylation sites (N-methyl/N-ethyl adjacent to an activating group) is 1. The fourth-order valence-electron chi connectivity index (χ4n) is 7.96. The highest BCUT2D eigenvalue weighted by Gasteiger charge is 2.62. The first-order chi connectivity index (χ1) is 21.5. The average molecular weight is 638 g/mol. The Morgan fingerprint density at radius 2 is 1.84 bits per heavy atom. The van der Waals surface area contributed by atoms with Crippen molar-refractivity contribution in [3.05, 3.63) is 39.2 Å². The van der Waals surface area contributed by atoms with Crippen molar-refractivity contribution in [2.45, 2.75) is 68.8 Å². The minimum absolute atomic E-state index is 0.0261. The standard InChI is InChI=1S/C31H31N3O10S/c1-11-24(37)14-6-15-16(7-32)34-17-8-41-31(39)18(36)9-45-30(23(34)22(33(15)4)19(14)25(38)27(11)40-5)21-20(17)29-28(42-10-43-29)12(2)26(21)44-13(3)35/h15-18,22-23,30,36H,6,8-10H2,1-5H3/t15-,16+,17-,18?,22-,23?,30-/m1/s1. The number of hydrogen-bond acceptors (Lipinski definition) is 14. The zero-order valence-electron chi connectivity index (χ0n) is 25.2. The highest BCUT2D eigenvalue weighted by molar-refractivity contribution is 7.99. The van der Waals surface area contributed by atoms with Gasteiger partial charge in [-0.3, -0.25) is 24.2 Å². The van der Waals surface area contributed by atoms with E-state index in [-0.39, 0.29) is 48.4 Å². The van der Waals surface area contributed by atoms with E-state index in [1.54, 1.807) is 13.8 Å². The first-order valence-electron chi connectivity index (χ1n) is 14.6. The summed E-state index contributed by atoms with van der Waals surface area (Å²) in [5.74, 6) is -1.17. The number of carbonyl (C=O) groups is 4. The number of thioether (sulfide) groups is 1. The number of benzene rings is 1. The van der Waals surface area contributed by atoms with Gasteiger partial charge in [-0.25, -0.2) is 4.79 Å². The first-order valence-corrected chi connectivity index (χ1v) is 15.6. The van der Waals surface area contributed by atoms with Gasteiger partial charge < -0.3 is 28.8 Å². The molecule has 14 heteroatoms. The summed E-state index contributed by atoms with van der Waals surface area (Å²) in [6.07, 6.45) is -1.30. The minimum Gasteiger partial charge on any atom is -0.492 e. The summed E-state index contributed by atoms with van der Waals surface area (Å²) in [6.45, 7) is 4.25. The molecule has 0 amide bonds. The number of esters is 2. The lowest BCUT2D eigenvalue weighted by Gasteiger charge is -2.62. The Labute approximate surface area is 262 Å². The Hall–Kier alpha value is -3.90. The molecular weight excluding hydrogens is 606 g/mol. The molecule has 7 atom stereocenters. The van der Waals surface area contributed by atoms with Gasteiger partial charge >= 0.3 is 11.9 Å². The highest BCUT2D eigenvalue weighted by Crippen LogP contribution is 2.62. The van der Waals surface area contributed by atoms with Crippen LogP contribution in [-0.2, 0) is 28.7 Å². The number of methoxy groups -OCH3 is 1. The predicted octanol–water partition coefficient (Wildman–Crippen LogP) is 1.41. The van der Waals surface area contributed by atoms with Crippen molar-refractivity contribution in [1.82, 2.24) is 9.80 Å². The number of carbonyl (C=O) groups excluding carboxylic acids is 4. The lowest BCUT2D eigenvalue weighted by molar-refractivity contribution is -0.157. The van der Waals surface area contributed by atoms with Crippen molar-refractivity contribution in [2.75, 3.05) is 33.3 Å². The number of aliphatic hydroxyl groups is 1. The van der Waals surface area contributed by atoms with E-state index in [0.29, 0.717) is 39.3 Å². The number of rotatable bonds is 2. The molecule has 45 heavy (non-hydrogen) atoms. The molecule has 0 aromatic heterocycles. The lowest BCUT2D eigenvalue weighted by atomic mass is 9.68. The monoisotopic (exact) mass is 637 g/mol. The number of aliphatic hydroxyl groups excluding tert-OH is 1. The van der Waals surface area contributed by atoms with Crippen LogP contribution in [0.25, 0.3) is 0 Å². The van der Waals surface area contributed by atoms with Gasteiger partial charge in [0, 0.05) is 58.2 Å². The van der Waals surface area contributed by atoms with Crippen molar-refractivity contribution >= 4 is 35.3 Å². The van der Waals surface area contributed by atoms with Crippen molar-refractivity contribution < 1.29 is 48.0 Å². The smallest absolute Gasteiger partial charge is 0.335 e. The summed E-state index contributed by atoms with van der Waals surface area (Å²) in [6, 6.07) is -1.07. The number of nitriles is 1. The topological polar surface area (TPSA) is 165 Å². The molecule has 1 aliphatic carbocycles. The van der Waals surface area contributed by atoms with Crippen LogP contribution in [0.4, 0.5) is 0 Å². The maximum Gasteiger partial charge on any atom is 0.335 e. The number of fused-ring (bicyclic) bond motifs is 8. The number of Topliss-reactive ketones (excluding diaryl/α,β-unsaturated/α-hetero) is 2. The van der Waals surface area contributed by atoms with Gasteiger partial charge in [-0.2, -0.15) is 5.26 Å². The molecule has 1 N–H and O–H groups in total. The van der Waals surface area contributed by atoms with Crippen molar-refractivity contribution in [3.8, 4) is 23.3 Å². The lowest BCUT2D eigenvalue weighted by Crippen LogP contribution is -2.73. The zero-order valence-corrected chi connectivity index (χ0v) is 26.1. The fraction of sp³-hybridized carbons (Fsp3) is 0.516. The SMILES string of the molecule is COC1=C(C)C(=O)C2=C(C1=O)[C@@H]1C3[C@@H]4SCC(O)C(=O)OC[C@H](c5c6c(c(C)c(OC(C)=O)c54)OCO6)N3[C@@H](C#N)[C@@H](C2)N1C. The van der Waals surface area contributed by atoms with Crippen LogP contribution < -0.4 is 14.2 Å². The second-order valence-corrected chi connectivity index (χ2v) is 13.1. The van der Waals surface area contributed by atoms with Crippen LogP contribution in [-0.4, -0.2) is 102 Å². The van der Waals surface area contributed by atoms with Crippen LogP contribution in [0.15, 0.2) is 22.5 Å². The van der Waals surface area contributed by atoms with E-state index in [1.165, 1.54) is 25.8 Å². The minimum atomic E-state index is -1.45. The van der Waals surface area contributed by atoms with E-state index in [0.717, 1.165) is 0 Å². The van der Waals surface area contributed by atoms with Gasteiger partial charge in [0.2, 0.25) is 12.6 Å². The normalized spacial score (nSPS) is 32.4. The van der Waals surface area contributed by atoms with Crippen LogP contribution >= 0.6 is 11.8 Å². The Balaban J connectivity index is 1.55. The third kappa shape index (κ3) is 4.04. The van der Waals surface area contributed by atoms with Gasteiger partial charge in [0.1, 0.15) is 18.4 Å². The zero-order chi connectivity index (χ0) is 32.1. The van der Waals surface area contributed by atoms with E-state index >= 15 is 0 Å². The van der Waals surface area contributed by atoms with E-state index in [2.05, 4.69) is 6.07 Å². The summed E-state index contributed by atoms with van der Waals surface area (Å²) in [4.78, 5) is 57.2. The summed E-state index contributed by atoms with van der Waals surface area (Å²) < 4.78 is 28.9. The Morgan fingerprint density at radius 1 is 1.11 bits per heavy atom. The number of nitrogens with zero attached hydrogens (tertiary/aromatic N) is 3. The van der Waals surface area contributed by atoms with Crippen molar-refractivity contribution in [3.63, 3.8) is 0 Å². The molecule has 2 saturated heterocycles. The molecule has 13 nitrogen and oxygen atoms in total. The molecular formula is C31H31N3O10S. The largest absolute Gasteiger partial charge is 0.492 e. The third-order valence-corrected chi connectivity index (χ3v) is 11.2. The summed E-state index contributed by atoms with van der Waals surface area (Å²) in [7, 11) is 3.19. The van der Waals surface area contributed by atoms with Gasteiger partial charge in [-0.1, -0.05) is 0 Å². The molecule has 0 spiro atoms. The quantitative estimate of drug-likeness (QED) is 0.281. The van der Waals surface area contributed by atoms with Crippen LogP contribution in [0.1, 0.15) is 48.3 Å². The second kappa shape index (κ2) is 10.6. The van der Waals surface area contributed by atoms with E-state index in [9.17, 15) is 29.5 Å². The fourth-order valence-corrected chi connectivity index (χ4v) is 9.37. The molecule has 1 aromatic carbocycles. The molecule has 236 valence electrons. The maximum absolute atomic E-state index is 14.1. The third-order valence-electron chi connectivity index (χ3n) is 9.79. The summed E-state index contributed by atoms with van der Waals surface area (Å²) >= 11 is 1.22. The molecule has 7 rings (SSSR count).